The number of H-pyrrole nitrogens is 1. The topological polar surface area (TPSA) is 85.8 Å². The summed E-state index contributed by atoms with van der Waals surface area (Å²) in [6.07, 6.45) is 3.00. The van der Waals surface area contributed by atoms with Crippen LogP contribution >= 0.6 is 23.2 Å². The third kappa shape index (κ3) is 5.69. The number of carboxylic acid groups (broad SMARTS) is 1. The smallest absolute Gasteiger partial charge is 0.335 e. The number of rotatable bonds is 8. The van der Waals surface area contributed by atoms with Gasteiger partial charge in [0, 0.05) is 33.7 Å². The Balaban J connectivity index is 1.45. The molecule has 1 aliphatic rings. The second-order valence-electron chi connectivity index (χ2n) is 9.40. The van der Waals surface area contributed by atoms with Crippen LogP contribution in [0.25, 0.3) is 10.9 Å². The number of hydrogen-bond acceptors (Lipinski definition) is 4. The summed E-state index contributed by atoms with van der Waals surface area (Å²) in [5.74, 6) is -0.947. The number of ether oxygens (including phenoxy) is 1. The molecule has 0 saturated carbocycles. The van der Waals surface area contributed by atoms with Crippen molar-refractivity contribution < 1.29 is 19.7 Å². The molecule has 0 radical (unpaired) electrons. The van der Waals surface area contributed by atoms with E-state index in [-0.39, 0.29) is 24.3 Å². The third-order valence-electron chi connectivity index (χ3n) is 6.97. The highest BCUT2D eigenvalue weighted by atomic mass is 35.5. The molecule has 192 valence electrons. The molecule has 4 aromatic rings. The van der Waals surface area contributed by atoms with E-state index in [0.717, 1.165) is 47.0 Å². The zero-order valence-corrected chi connectivity index (χ0v) is 21.6. The van der Waals surface area contributed by atoms with Gasteiger partial charge < -0.3 is 19.9 Å². The first-order chi connectivity index (χ1) is 17.9. The van der Waals surface area contributed by atoms with Gasteiger partial charge in [-0.15, -0.1) is 0 Å². The number of nitrogens with zero attached hydrogens (tertiary/aromatic N) is 1. The van der Waals surface area contributed by atoms with E-state index in [9.17, 15) is 15.0 Å². The van der Waals surface area contributed by atoms with Crippen LogP contribution in [0, 0.1) is 0 Å². The van der Waals surface area contributed by atoms with Gasteiger partial charge in [-0.05, 0) is 66.4 Å². The number of aromatic amines is 1. The SMILES string of the molecule is O=C(O)c1ccc2c(CN3CCC[C@H](O[C@H](CO)c4cc(Cl)cc(Cl)c4)[C@@H]3c3ccccc3)c[nH]c2c1. The molecule has 1 aromatic heterocycles. The van der Waals surface area contributed by atoms with Gasteiger partial charge in [-0.3, -0.25) is 4.90 Å². The third-order valence-corrected chi connectivity index (χ3v) is 7.41. The lowest BCUT2D eigenvalue weighted by atomic mass is 9.91. The lowest BCUT2D eigenvalue weighted by Gasteiger charge is -2.42. The van der Waals surface area contributed by atoms with E-state index < -0.39 is 12.1 Å². The fourth-order valence-corrected chi connectivity index (χ4v) is 5.83. The number of aliphatic hydroxyl groups excluding tert-OH is 1. The van der Waals surface area contributed by atoms with E-state index in [4.69, 9.17) is 27.9 Å². The van der Waals surface area contributed by atoms with Gasteiger partial charge in [0.25, 0.3) is 0 Å². The van der Waals surface area contributed by atoms with Crippen molar-refractivity contribution in [2.45, 2.75) is 37.6 Å². The van der Waals surface area contributed by atoms with Gasteiger partial charge in [0.15, 0.2) is 0 Å². The highest BCUT2D eigenvalue weighted by Crippen LogP contribution is 2.38. The number of hydrogen-bond donors (Lipinski definition) is 3. The van der Waals surface area contributed by atoms with Crippen LogP contribution in [0.4, 0.5) is 0 Å². The summed E-state index contributed by atoms with van der Waals surface area (Å²) in [5.41, 5.74) is 4.03. The van der Waals surface area contributed by atoms with Gasteiger partial charge in [0.05, 0.1) is 24.3 Å². The van der Waals surface area contributed by atoms with Crippen molar-refractivity contribution in [3.63, 3.8) is 0 Å². The van der Waals surface area contributed by atoms with Crippen LogP contribution in [0.3, 0.4) is 0 Å². The number of fused-ring (bicyclic) bond motifs is 1. The molecule has 6 nitrogen and oxygen atoms in total. The second kappa shape index (κ2) is 11.3. The van der Waals surface area contributed by atoms with Crippen molar-refractivity contribution in [1.82, 2.24) is 9.88 Å². The number of halogens is 2. The quantitative estimate of drug-likeness (QED) is 0.234. The fourth-order valence-electron chi connectivity index (χ4n) is 5.29. The van der Waals surface area contributed by atoms with Crippen LogP contribution in [-0.2, 0) is 11.3 Å². The maximum absolute atomic E-state index is 11.4. The van der Waals surface area contributed by atoms with Gasteiger partial charge >= 0.3 is 5.97 Å². The Labute approximate surface area is 225 Å². The van der Waals surface area contributed by atoms with E-state index in [2.05, 4.69) is 22.0 Å². The molecule has 37 heavy (non-hydrogen) atoms. The molecule has 5 rings (SSSR count). The summed E-state index contributed by atoms with van der Waals surface area (Å²) in [4.78, 5) is 17.0. The molecule has 1 aliphatic heterocycles. The van der Waals surface area contributed by atoms with Crippen LogP contribution < -0.4 is 0 Å². The van der Waals surface area contributed by atoms with Gasteiger partial charge in [-0.1, -0.05) is 59.6 Å². The minimum atomic E-state index is -0.947. The van der Waals surface area contributed by atoms with Crippen LogP contribution in [0.2, 0.25) is 10.0 Å². The number of aromatic carboxylic acids is 1. The first kappa shape index (κ1) is 25.8. The van der Waals surface area contributed by atoms with Gasteiger partial charge in [0.1, 0.15) is 6.10 Å². The number of aromatic nitrogens is 1. The van der Waals surface area contributed by atoms with E-state index in [0.29, 0.717) is 16.6 Å². The maximum atomic E-state index is 11.4. The first-order valence-corrected chi connectivity index (χ1v) is 13.0. The van der Waals surface area contributed by atoms with Crippen molar-refractivity contribution in [2.24, 2.45) is 0 Å². The zero-order chi connectivity index (χ0) is 25.9. The van der Waals surface area contributed by atoms with E-state index >= 15 is 0 Å². The molecule has 0 amide bonds. The van der Waals surface area contributed by atoms with E-state index in [1.54, 1.807) is 30.3 Å². The number of piperidine rings is 1. The number of carboxylic acids is 1. The van der Waals surface area contributed by atoms with E-state index in [1.807, 2.05) is 30.5 Å². The Morgan fingerprint density at radius 2 is 1.84 bits per heavy atom. The molecule has 3 atom stereocenters. The normalized spacial score (nSPS) is 19.2. The average Bonchev–Trinajstić information content (AvgIpc) is 3.29. The lowest BCUT2D eigenvalue weighted by Crippen LogP contribution is -2.43. The number of likely N-dealkylation sites (tertiary alicyclic amines) is 1. The minimum absolute atomic E-state index is 0.0399. The molecule has 8 heteroatoms. The molecular formula is C29H28Cl2N2O4. The second-order valence-corrected chi connectivity index (χ2v) is 10.3. The highest BCUT2D eigenvalue weighted by molar-refractivity contribution is 6.34. The molecule has 1 saturated heterocycles. The predicted molar refractivity (Wildman–Crippen MR) is 145 cm³/mol. The Morgan fingerprint density at radius 1 is 1.08 bits per heavy atom. The van der Waals surface area contributed by atoms with Crippen LogP contribution in [0.15, 0.2) is 72.9 Å². The van der Waals surface area contributed by atoms with Crippen molar-refractivity contribution in [3.05, 3.63) is 105 Å². The zero-order valence-electron chi connectivity index (χ0n) is 20.1. The Kier molecular flexibility index (Phi) is 7.84. The number of carbonyl (C=O) groups is 1. The molecule has 1 fully saturated rings. The Bertz CT molecular complexity index is 1370. The molecular weight excluding hydrogens is 511 g/mol. The van der Waals surface area contributed by atoms with Crippen LogP contribution in [0.1, 0.15) is 52.0 Å². The first-order valence-electron chi connectivity index (χ1n) is 12.3. The van der Waals surface area contributed by atoms with Crippen LogP contribution in [0.5, 0.6) is 0 Å². The molecule has 3 aromatic carbocycles. The van der Waals surface area contributed by atoms with Gasteiger partial charge in [0.2, 0.25) is 0 Å². The number of aliphatic hydroxyl groups is 1. The Hall–Kier alpha value is -2.87. The summed E-state index contributed by atoms with van der Waals surface area (Å²) in [5, 5.41) is 21.6. The van der Waals surface area contributed by atoms with Gasteiger partial charge in [-0.2, -0.15) is 0 Å². The lowest BCUT2D eigenvalue weighted by molar-refractivity contribution is -0.100. The standard InChI is InChI=1S/C29H28Cl2N2O4/c30-22-11-20(12-23(31)14-22)27(17-34)37-26-7-4-10-33(28(26)18-5-2-1-3-6-18)16-21-15-32-25-13-19(29(35)36)8-9-24(21)25/h1-3,5-6,8-9,11-15,26-28,32,34H,4,7,10,16-17H2,(H,35,36)/t26-,27+,28-/m0/s1. The summed E-state index contributed by atoms with van der Waals surface area (Å²) in [7, 11) is 0. The summed E-state index contributed by atoms with van der Waals surface area (Å²) in [6, 6.07) is 20.6. The largest absolute Gasteiger partial charge is 0.478 e. The van der Waals surface area contributed by atoms with Crippen molar-refractivity contribution in [3.8, 4) is 0 Å². The molecule has 3 N–H and O–H groups in total. The van der Waals surface area contributed by atoms with Crippen molar-refractivity contribution in [1.29, 1.82) is 0 Å². The summed E-state index contributed by atoms with van der Waals surface area (Å²) < 4.78 is 6.60. The molecule has 0 bridgehead atoms. The fraction of sp³-hybridized carbons (Fsp3) is 0.276. The minimum Gasteiger partial charge on any atom is -0.478 e. The molecule has 2 heterocycles. The summed E-state index contributed by atoms with van der Waals surface area (Å²) >= 11 is 12.5. The number of benzene rings is 3. The van der Waals surface area contributed by atoms with Crippen molar-refractivity contribution in [2.75, 3.05) is 13.2 Å². The monoisotopic (exact) mass is 538 g/mol. The molecule has 0 unspecified atom stereocenters. The maximum Gasteiger partial charge on any atom is 0.335 e. The molecule has 0 aliphatic carbocycles. The summed E-state index contributed by atoms with van der Waals surface area (Å²) in [6.45, 7) is 1.35. The van der Waals surface area contributed by atoms with Gasteiger partial charge in [-0.25, -0.2) is 4.79 Å². The van der Waals surface area contributed by atoms with Crippen LogP contribution in [-0.4, -0.2) is 45.3 Å². The average molecular weight is 539 g/mol. The number of nitrogens with one attached hydrogen (secondary N) is 1. The highest BCUT2D eigenvalue weighted by Gasteiger charge is 2.35. The van der Waals surface area contributed by atoms with Crippen molar-refractivity contribution >= 4 is 40.1 Å². The Morgan fingerprint density at radius 3 is 2.54 bits per heavy atom. The predicted octanol–water partition coefficient (Wildman–Crippen LogP) is 6.63. The van der Waals surface area contributed by atoms with E-state index in [1.165, 1.54) is 0 Å². The molecule has 0 spiro atoms.